The van der Waals surface area contributed by atoms with Crippen LogP contribution in [-0.2, 0) is 67.1 Å². The van der Waals surface area contributed by atoms with Crippen molar-refractivity contribution < 1.29 is 67.1 Å². The Bertz CT molecular complexity index is 7.64. The predicted octanol–water partition coefficient (Wildman–Crippen LogP) is -1.91. The first-order valence-electron chi connectivity index (χ1n) is 0. The Morgan fingerprint density at radius 3 is 0.250 bits per heavy atom. The molecule has 0 aliphatic carbocycles. The Labute approximate surface area is 151 Å². The van der Waals surface area contributed by atoms with E-state index >= 15 is 0 Å². The molecule has 0 aromatic rings. The van der Waals surface area contributed by atoms with E-state index in [-0.39, 0.29) is 154 Å². The Balaban J connectivity index is 0. The van der Waals surface area contributed by atoms with Crippen LogP contribution in [0.1, 0.15) is 0 Å². The van der Waals surface area contributed by atoms with Crippen molar-refractivity contribution in [3.63, 3.8) is 0 Å². The summed E-state index contributed by atoms with van der Waals surface area (Å²) in [6.45, 7) is 0. The fraction of sp³-hybridized carbons (Fsp3) is 0. The van der Waals surface area contributed by atoms with E-state index in [4.69, 9.17) is 0 Å². The van der Waals surface area contributed by atoms with E-state index in [0.29, 0.717) is 0 Å². The van der Waals surface area contributed by atoms with Gasteiger partial charge in [-0.2, -0.15) is 0 Å². The smallest absolute Gasteiger partial charge is 0 e. The molecular formula is Al5Ta3+15. The minimum absolute atomic E-state index is 0. The third kappa shape index (κ3) is 44.6. The molecule has 0 saturated carbocycles. The van der Waals surface area contributed by atoms with Crippen molar-refractivity contribution in [1.29, 1.82) is 0 Å². The molecule has 0 spiro atoms. The molecule has 0 nitrogen and oxygen atoms in total. The molecule has 0 heterocycles. The van der Waals surface area contributed by atoms with E-state index in [1.54, 1.807) is 0 Å². The van der Waals surface area contributed by atoms with Crippen molar-refractivity contribution in [2.24, 2.45) is 0 Å². The topological polar surface area (TPSA) is 0 Å². The van der Waals surface area contributed by atoms with Crippen LogP contribution in [0.25, 0.3) is 0 Å². The van der Waals surface area contributed by atoms with Gasteiger partial charge in [0, 0.05) is 86.8 Å². The largest absolute Gasteiger partial charge is 5.00 e. The Morgan fingerprint density at radius 1 is 0.250 bits per heavy atom. The summed E-state index contributed by atoms with van der Waals surface area (Å²) in [7, 11) is 0. The minimum atomic E-state index is 0. The summed E-state index contributed by atoms with van der Waals surface area (Å²) < 4.78 is 0. The molecule has 8 heavy (non-hydrogen) atoms. The van der Waals surface area contributed by atoms with Crippen LogP contribution in [0.15, 0.2) is 0 Å². The van der Waals surface area contributed by atoms with Crippen LogP contribution < -0.4 is 0 Å². The molecule has 0 aliphatic heterocycles. The average molecular weight is 678 g/mol. The third-order valence-corrected chi connectivity index (χ3v) is 0. The zero-order chi connectivity index (χ0) is 0. The van der Waals surface area contributed by atoms with Gasteiger partial charge in [0.2, 0.25) is 0 Å². The van der Waals surface area contributed by atoms with Crippen LogP contribution in [0.3, 0.4) is 0 Å². The van der Waals surface area contributed by atoms with Crippen molar-refractivity contribution >= 4 is 86.8 Å². The molecule has 0 N–H and O–H groups in total. The van der Waals surface area contributed by atoms with Crippen LogP contribution in [0, 0.1) is 0 Å². The van der Waals surface area contributed by atoms with Crippen molar-refractivity contribution in [3.8, 4) is 0 Å². The average Bonchev–Trinajstić information content (AvgIpc) is 0. The summed E-state index contributed by atoms with van der Waals surface area (Å²) in [5, 5.41) is 0. The maximum Gasteiger partial charge on any atom is 5.00 e. The first kappa shape index (κ1) is 76.3. The standard InChI is InChI=1S/5Al.3Ta/q;;;;;3*+5. The molecule has 15 valence electrons. The molecular weight excluding hydrogens is 678 g/mol. The normalized spacial score (nSPS) is 0. The zero-order valence-corrected chi connectivity index (χ0v) is 19.6. The quantitative estimate of drug-likeness (QED) is 0.263. The van der Waals surface area contributed by atoms with E-state index in [0.717, 1.165) is 0 Å². The van der Waals surface area contributed by atoms with Gasteiger partial charge in [-0.25, -0.2) is 0 Å². The first-order valence-corrected chi connectivity index (χ1v) is 0. The molecule has 0 aromatic heterocycles. The van der Waals surface area contributed by atoms with Gasteiger partial charge in [0.05, 0.1) is 0 Å². The molecule has 0 unspecified atom stereocenters. The molecule has 0 fully saturated rings. The van der Waals surface area contributed by atoms with Gasteiger partial charge in [-0.15, -0.1) is 0 Å². The fourth-order valence-corrected chi connectivity index (χ4v) is 0. The summed E-state index contributed by atoms with van der Waals surface area (Å²) in [5.74, 6) is 0. The van der Waals surface area contributed by atoms with E-state index in [2.05, 4.69) is 0 Å². The SMILES string of the molecule is [Al].[Al].[Al].[Al].[Al].[Ta+5].[Ta+5].[Ta+5]. The van der Waals surface area contributed by atoms with Gasteiger partial charge in [-0.1, -0.05) is 0 Å². The number of hydrogen-bond acceptors (Lipinski definition) is 0. The van der Waals surface area contributed by atoms with Crippen LogP contribution in [0.2, 0.25) is 0 Å². The second-order valence-corrected chi connectivity index (χ2v) is 0. The van der Waals surface area contributed by atoms with Gasteiger partial charge < -0.3 is 0 Å². The fourth-order valence-electron chi connectivity index (χ4n) is 0. The van der Waals surface area contributed by atoms with Crippen molar-refractivity contribution in [2.45, 2.75) is 0 Å². The van der Waals surface area contributed by atoms with Gasteiger partial charge >= 0.3 is 67.1 Å². The molecule has 0 amide bonds. The van der Waals surface area contributed by atoms with Crippen LogP contribution >= 0.6 is 0 Å². The summed E-state index contributed by atoms with van der Waals surface area (Å²) in [5.41, 5.74) is 0. The summed E-state index contributed by atoms with van der Waals surface area (Å²) in [4.78, 5) is 0. The van der Waals surface area contributed by atoms with Crippen molar-refractivity contribution in [3.05, 3.63) is 0 Å². The second-order valence-electron chi connectivity index (χ2n) is 0. The molecule has 0 atom stereocenters. The number of hydrogen-bond donors (Lipinski definition) is 0. The maximum atomic E-state index is 0. The summed E-state index contributed by atoms with van der Waals surface area (Å²) in [6.07, 6.45) is 0. The van der Waals surface area contributed by atoms with E-state index in [1.807, 2.05) is 0 Å². The Morgan fingerprint density at radius 2 is 0.250 bits per heavy atom. The van der Waals surface area contributed by atoms with Gasteiger partial charge in [0.15, 0.2) is 0 Å². The molecule has 0 bridgehead atoms. The van der Waals surface area contributed by atoms with Crippen molar-refractivity contribution in [1.82, 2.24) is 0 Å². The first-order chi connectivity index (χ1) is 0. The molecule has 15 radical (unpaired) electrons. The minimum Gasteiger partial charge on any atom is 0 e. The monoisotopic (exact) mass is 678 g/mol. The Kier molecular flexibility index (Phi) is 563. The maximum absolute atomic E-state index is 0. The van der Waals surface area contributed by atoms with E-state index in [1.165, 1.54) is 0 Å². The van der Waals surface area contributed by atoms with E-state index in [9.17, 15) is 0 Å². The summed E-state index contributed by atoms with van der Waals surface area (Å²) in [6, 6.07) is 0. The van der Waals surface area contributed by atoms with Crippen molar-refractivity contribution in [2.75, 3.05) is 0 Å². The van der Waals surface area contributed by atoms with Crippen LogP contribution in [0.4, 0.5) is 0 Å². The second kappa shape index (κ2) is 59.0. The molecule has 0 aliphatic rings. The van der Waals surface area contributed by atoms with E-state index < -0.39 is 0 Å². The van der Waals surface area contributed by atoms with Crippen LogP contribution in [0.5, 0.6) is 0 Å². The number of rotatable bonds is 0. The van der Waals surface area contributed by atoms with Gasteiger partial charge in [0.1, 0.15) is 0 Å². The predicted molar refractivity (Wildman–Crippen MR) is 28.8 cm³/mol. The Hall–Kier alpha value is 4.88. The third-order valence-electron chi connectivity index (χ3n) is 0. The zero-order valence-electron chi connectivity index (χ0n) is 4.23. The van der Waals surface area contributed by atoms with Gasteiger partial charge in [-0.3, -0.25) is 0 Å². The summed E-state index contributed by atoms with van der Waals surface area (Å²) >= 11 is 0. The molecule has 0 saturated heterocycles. The van der Waals surface area contributed by atoms with Gasteiger partial charge in [0.25, 0.3) is 0 Å². The molecule has 0 aromatic carbocycles. The molecule has 8 heteroatoms. The molecule has 0 rings (SSSR count). The van der Waals surface area contributed by atoms with Crippen LogP contribution in [-0.4, -0.2) is 86.8 Å². The van der Waals surface area contributed by atoms with Gasteiger partial charge in [-0.05, 0) is 0 Å².